The molecule has 0 bridgehead atoms. The zero-order valence-corrected chi connectivity index (χ0v) is 10.3. The number of nitrogens with zero attached hydrogens (tertiary/aromatic N) is 1. The largest absolute Gasteiger partial charge is 0.341 e. The topological polar surface area (TPSA) is 69.0 Å². The van der Waals surface area contributed by atoms with Gasteiger partial charge in [0.25, 0.3) is 0 Å². The van der Waals surface area contributed by atoms with Crippen molar-refractivity contribution in [1.29, 1.82) is 0 Å². The lowest BCUT2D eigenvalue weighted by molar-refractivity contribution is -0.127. The molecule has 0 saturated heterocycles. The molecule has 0 aliphatic heterocycles. The first-order valence-corrected chi connectivity index (χ1v) is 5.79. The van der Waals surface area contributed by atoms with Crippen LogP contribution in [0.25, 0.3) is 11.0 Å². The molecule has 1 amide bonds. The van der Waals surface area contributed by atoms with E-state index in [0.717, 1.165) is 16.6 Å². The van der Waals surface area contributed by atoms with Gasteiger partial charge in [0, 0.05) is 13.6 Å². The molecule has 0 aliphatic carbocycles. The maximum Gasteiger partial charge on any atom is 0.323 e. The Labute approximate surface area is 103 Å². The third kappa shape index (κ3) is 2.52. The van der Waals surface area contributed by atoms with Crippen molar-refractivity contribution in [3.05, 3.63) is 34.2 Å². The summed E-state index contributed by atoms with van der Waals surface area (Å²) in [7, 11) is 1.72. The van der Waals surface area contributed by atoms with Gasteiger partial charge in [-0.15, -0.1) is 0 Å². The molecule has 0 saturated carbocycles. The zero-order valence-electron chi connectivity index (χ0n) is 9.36. The Morgan fingerprint density at radius 2 is 2.06 bits per heavy atom. The lowest BCUT2D eigenvalue weighted by Gasteiger charge is -2.15. The number of hydrogen-bond donors (Lipinski definition) is 3. The quantitative estimate of drug-likeness (QED) is 0.704. The molecule has 0 aliphatic rings. The average Bonchev–Trinajstić information content (AvgIpc) is 2.67. The Hall–Kier alpha value is -1.69. The van der Waals surface area contributed by atoms with Crippen LogP contribution in [0.1, 0.15) is 5.56 Å². The first kappa shape index (κ1) is 11.8. The number of thiol groups is 1. The molecule has 1 aromatic carbocycles. The van der Waals surface area contributed by atoms with Crippen molar-refractivity contribution in [3.8, 4) is 0 Å². The number of hydrogen-bond acceptors (Lipinski definition) is 3. The van der Waals surface area contributed by atoms with E-state index in [1.165, 1.54) is 0 Å². The molecule has 1 heterocycles. The summed E-state index contributed by atoms with van der Waals surface area (Å²) in [5.41, 5.74) is 2.25. The smallest absolute Gasteiger partial charge is 0.323 e. The number of H-pyrrole nitrogens is 2. The van der Waals surface area contributed by atoms with E-state index in [0.29, 0.717) is 6.54 Å². The first-order valence-electron chi connectivity index (χ1n) is 5.16. The standard InChI is InChI=1S/C11H13N3O2S/c1-14(10(15)6-17)5-7-2-3-8-9(4-7)13-11(16)12-8/h2-4,17H,5-6H2,1H3,(H2,12,13,16). The Bertz CT molecular complexity index is 602. The highest BCUT2D eigenvalue weighted by molar-refractivity contribution is 7.81. The van der Waals surface area contributed by atoms with Gasteiger partial charge in [-0.25, -0.2) is 4.79 Å². The second kappa shape index (κ2) is 4.67. The third-order valence-corrected chi connectivity index (χ3v) is 2.83. The van der Waals surface area contributed by atoms with E-state index in [2.05, 4.69) is 22.6 Å². The molecule has 0 radical (unpaired) electrons. The summed E-state index contributed by atoms with van der Waals surface area (Å²) < 4.78 is 0. The predicted molar refractivity (Wildman–Crippen MR) is 69.2 cm³/mol. The molecular weight excluding hydrogens is 238 g/mol. The second-order valence-corrected chi connectivity index (χ2v) is 4.18. The minimum atomic E-state index is -0.225. The van der Waals surface area contributed by atoms with Gasteiger partial charge in [0.05, 0.1) is 16.8 Å². The molecule has 90 valence electrons. The van der Waals surface area contributed by atoms with Gasteiger partial charge in [0.15, 0.2) is 0 Å². The van der Waals surface area contributed by atoms with Crippen LogP contribution < -0.4 is 5.69 Å². The predicted octanol–water partition coefficient (Wildman–Crippen LogP) is 0.744. The molecule has 17 heavy (non-hydrogen) atoms. The second-order valence-electron chi connectivity index (χ2n) is 3.87. The van der Waals surface area contributed by atoms with Crippen LogP contribution in [-0.2, 0) is 11.3 Å². The maximum absolute atomic E-state index is 11.4. The van der Waals surface area contributed by atoms with Crippen molar-refractivity contribution in [3.63, 3.8) is 0 Å². The molecule has 6 heteroatoms. The van der Waals surface area contributed by atoms with Crippen LogP contribution in [0.5, 0.6) is 0 Å². The SMILES string of the molecule is CN(Cc1ccc2[nH]c(=O)[nH]c2c1)C(=O)CS. The molecule has 2 N–H and O–H groups in total. The van der Waals surface area contributed by atoms with Crippen molar-refractivity contribution in [2.75, 3.05) is 12.8 Å². The van der Waals surface area contributed by atoms with E-state index < -0.39 is 0 Å². The highest BCUT2D eigenvalue weighted by Gasteiger charge is 2.07. The number of imidazole rings is 1. The van der Waals surface area contributed by atoms with E-state index >= 15 is 0 Å². The van der Waals surface area contributed by atoms with Crippen molar-refractivity contribution >= 4 is 29.6 Å². The molecule has 2 aromatic rings. The molecule has 0 spiro atoms. The van der Waals surface area contributed by atoms with Crippen molar-refractivity contribution in [1.82, 2.24) is 14.9 Å². The number of aromatic nitrogens is 2. The fraction of sp³-hybridized carbons (Fsp3) is 0.273. The number of nitrogens with one attached hydrogen (secondary N) is 2. The summed E-state index contributed by atoms with van der Waals surface area (Å²) in [6.45, 7) is 0.503. The van der Waals surface area contributed by atoms with E-state index in [4.69, 9.17) is 0 Å². The summed E-state index contributed by atoms with van der Waals surface area (Å²) in [6, 6.07) is 5.56. The summed E-state index contributed by atoms with van der Waals surface area (Å²) in [5, 5.41) is 0. The van der Waals surface area contributed by atoms with Crippen LogP contribution in [0.15, 0.2) is 23.0 Å². The van der Waals surface area contributed by atoms with Gasteiger partial charge in [-0.1, -0.05) is 6.07 Å². The third-order valence-electron chi connectivity index (χ3n) is 2.56. The first-order chi connectivity index (χ1) is 8.10. The molecule has 0 atom stereocenters. The van der Waals surface area contributed by atoms with Gasteiger partial charge in [0.1, 0.15) is 0 Å². The summed E-state index contributed by atoms with van der Waals surface area (Å²) in [5.74, 6) is 0.163. The highest BCUT2D eigenvalue weighted by atomic mass is 32.1. The van der Waals surface area contributed by atoms with Crippen molar-refractivity contribution < 1.29 is 4.79 Å². The number of carbonyl (C=O) groups excluding carboxylic acids is 1. The normalized spacial score (nSPS) is 10.7. The Morgan fingerprint density at radius 3 is 2.76 bits per heavy atom. The van der Waals surface area contributed by atoms with Crippen LogP contribution in [-0.4, -0.2) is 33.6 Å². The van der Waals surface area contributed by atoms with Gasteiger partial charge in [-0.3, -0.25) is 4.79 Å². The van der Waals surface area contributed by atoms with E-state index in [1.807, 2.05) is 18.2 Å². The number of fused-ring (bicyclic) bond motifs is 1. The van der Waals surface area contributed by atoms with E-state index in [-0.39, 0.29) is 17.3 Å². The molecule has 0 unspecified atom stereocenters. The van der Waals surface area contributed by atoms with Crippen molar-refractivity contribution in [2.45, 2.75) is 6.54 Å². The molecule has 5 nitrogen and oxygen atoms in total. The monoisotopic (exact) mass is 251 g/mol. The minimum absolute atomic E-state index is 0.0315. The van der Waals surface area contributed by atoms with Crippen LogP contribution in [0.4, 0.5) is 0 Å². The van der Waals surface area contributed by atoms with Crippen LogP contribution >= 0.6 is 12.6 Å². The number of amides is 1. The summed E-state index contributed by atoms with van der Waals surface area (Å²) in [4.78, 5) is 29.4. The Morgan fingerprint density at radius 1 is 1.35 bits per heavy atom. The Balaban J connectivity index is 2.24. The van der Waals surface area contributed by atoms with Gasteiger partial charge >= 0.3 is 5.69 Å². The van der Waals surface area contributed by atoms with Crippen LogP contribution in [0.3, 0.4) is 0 Å². The lowest BCUT2D eigenvalue weighted by Crippen LogP contribution is -2.27. The highest BCUT2D eigenvalue weighted by Crippen LogP contribution is 2.11. The van der Waals surface area contributed by atoms with E-state index in [1.54, 1.807) is 11.9 Å². The number of rotatable bonds is 3. The van der Waals surface area contributed by atoms with Gasteiger partial charge < -0.3 is 14.9 Å². The van der Waals surface area contributed by atoms with Gasteiger partial charge in [0.2, 0.25) is 5.91 Å². The number of aromatic amines is 2. The van der Waals surface area contributed by atoms with Crippen LogP contribution in [0, 0.1) is 0 Å². The molecule has 0 fully saturated rings. The average molecular weight is 251 g/mol. The fourth-order valence-corrected chi connectivity index (χ4v) is 1.90. The van der Waals surface area contributed by atoms with Gasteiger partial charge in [-0.2, -0.15) is 12.6 Å². The van der Waals surface area contributed by atoms with E-state index in [9.17, 15) is 9.59 Å². The van der Waals surface area contributed by atoms with Crippen LogP contribution in [0.2, 0.25) is 0 Å². The summed E-state index contributed by atoms with van der Waals surface area (Å²) >= 11 is 3.94. The molecule has 1 aromatic heterocycles. The number of carbonyl (C=O) groups is 1. The van der Waals surface area contributed by atoms with Gasteiger partial charge in [-0.05, 0) is 17.7 Å². The fourth-order valence-electron chi connectivity index (χ4n) is 1.66. The minimum Gasteiger partial charge on any atom is -0.341 e. The summed E-state index contributed by atoms with van der Waals surface area (Å²) in [6.07, 6.45) is 0. The number of benzene rings is 1. The Kier molecular flexibility index (Phi) is 3.23. The zero-order chi connectivity index (χ0) is 12.4. The lowest BCUT2D eigenvalue weighted by atomic mass is 10.2. The molecular formula is C11H13N3O2S. The molecule has 2 rings (SSSR count). The van der Waals surface area contributed by atoms with Crippen molar-refractivity contribution in [2.24, 2.45) is 0 Å². The maximum atomic E-state index is 11.4.